The summed E-state index contributed by atoms with van der Waals surface area (Å²) in [5.41, 5.74) is 3.99. The minimum Gasteiger partial charge on any atom is -0.443 e. The third-order valence-electron chi connectivity index (χ3n) is 4.46. The summed E-state index contributed by atoms with van der Waals surface area (Å²) in [6, 6.07) is 16.0. The highest BCUT2D eigenvalue weighted by molar-refractivity contribution is 7.99. The lowest BCUT2D eigenvalue weighted by atomic mass is 10.0. The molecule has 0 radical (unpaired) electrons. The molecule has 0 amide bonds. The Kier molecular flexibility index (Phi) is 10.1. The Bertz CT molecular complexity index is 869. The molecule has 0 aliphatic heterocycles. The van der Waals surface area contributed by atoms with E-state index in [0.717, 1.165) is 33.8 Å². The van der Waals surface area contributed by atoms with Crippen molar-refractivity contribution < 1.29 is 19.1 Å². The zero-order valence-electron chi connectivity index (χ0n) is 19.1. The van der Waals surface area contributed by atoms with E-state index in [2.05, 4.69) is 13.2 Å². The monoisotopic (exact) mass is 470 g/mol. The average Bonchev–Trinajstić information content (AvgIpc) is 2.78. The number of ether oxygens (including phenoxy) is 2. The average molecular weight is 471 g/mol. The number of esters is 2. The van der Waals surface area contributed by atoms with Crippen molar-refractivity contribution in [2.24, 2.45) is 0 Å². The molecule has 0 saturated carbocycles. The minimum absolute atomic E-state index is 0.365. The van der Waals surface area contributed by atoms with Gasteiger partial charge in [0.1, 0.15) is 0 Å². The van der Waals surface area contributed by atoms with Gasteiger partial charge in [0.15, 0.2) is 10.9 Å². The first-order valence-corrected chi connectivity index (χ1v) is 12.5. The fourth-order valence-corrected chi connectivity index (χ4v) is 4.38. The molecule has 0 aromatic heterocycles. The Morgan fingerprint density at radius 1 is 0.719 bits per heavy atom. The number of rotatable bonds is 11. The van der Waals surface area contributed by atoms with Crippen LogP contribution in [0.5, 0.6) is 0 Å². The Morgan fingerprint density at radius 2 is 1.03 bits per heavy atom. The lowest BCUT2D eigenvalue weighted by Gasteiger charge is -2.18. The van der Waals surface area contributed by atoms with Gasteiger partial charge in [0.2, 0.25) is 0 Å². The van der Waals surface area contributed by atoms with Crippen molar-refractivity contribution in [3.8, 4) is 11.1 Å². The van der Waals surface area contributed by atoms with Gasteiger partial charge in [-0.3, -0.25) is 0 Å². The first kappa shape index (κ1) is 25.8. The molecule has 2 aromatic carbocycles. The normalized spacial score (nSPS) is 12.5. The fraction of sp³-hybridized carbons (Fsp3) is 0.308. The van der Waals surface area contributed by atoms with Crippen LogP contribution in [0.3, 0.4) is 0 Å². The number of carbonyl (C=O) groups is 2. The van der Waals surface area contributed by atoms with Crippen LogP contribution < -0.4 is 0 Å². The number of hydrogen-bond acceptors (Lipinski definition) is 6. The quantitative estimate of drug-likeness (QED) is 0.198. The molecule has 0 saturated heterocycles. The molecule has 2 rings (SSSR count). The SMILES string of the molecule is C=C(C)C(=O)OC(SCC)c1ccc(-c2ccc(C(OC(=O)C(=C)C)SCC)cc2)cc1. The predicted octanol–water partition coefficient (Wildman–Crippen LogP) is 7.10. The summed E-state index contributed by atoms with van der Waals surface area (Å²) in [5.74, 6) is 0.874. The van der Waals surface area contributed by atoms with E-state index in [9.17, 15) is 9.59 Å². The van der Waals surface area contributed by atoms with E-state index in [-0.39, 0.29) is 22.8 Å². The molecule has 2 atom stereocenters. The van der Waals surface area contributed by atoms with Crippen LogP contribution in [0, 0.1) is 0 Å². The van der Waals surface area contributed by atoms with Gasteiger partial charge in [-0.25, -0.2) is 9.59 Å². The number of thioether (sulfide) groups is 2. The molecular weight excluding hydrogens is 440 g/mol. The second kappa shape index (κ2) is 12.6. The van der Waals surface area contributed by atoms with Gasteiger partial charge in [-0.1, -0.05) is 75.5 Å². The molecule has 0 bridgehead atoms. The molecule has 0 N–H and O–H groups in total. The van der Waals surface area contributed by atoms with Gasteiger partial charge < -0.3 is 9.47 Å². The Balaban J connectivity index is 2.18. The minimum atomic E-state index is -0.387. The topological polar surface area (TPSA) is 52.6 Å². The zero-order valence-corrected chi connectivity index (χ0v) is 20.7. The summed E-state index contributed by atoms with van der Waals surface area (Å²) in [5, 5.41) is 0. The van der Waals surface area contributed by atoms with Crippen LogP contribution in [-0.4, -0.2) is 23.4 Å². The predicted molar refractivity (Wildman–Crippen MR) is 135 cm³/mol. The number of benzene rings is 2. The van der Waals surface area contributed by atoms with Gasteiger partial charge in [0, 0.05) is 22.3 Å². The molecule has 2 aromatic rings. The van der Waals surface area contributed by atoms with Crippen LogP contribution in [0.4, 0.5) is 0 Å². The summed E-state index contributed by atoms with van der Waals surface area (Å²) in [6.07, 6.45) is 0. The van der Waals surface area contributed by atoms with Crippen LogP contribution in [0.2, 0.25) is 0 Å². The van der Waals surface area contributed by atoms with Crippen LogP contribution in [0.25, 0.3) is 11.1 Å². The first-order valence-electron chi connectivity index (χ1n) is 10.4. The standard InChI is InChI=1S/C26H30O4S2/c1-7-31-25(29-23(27)17(3)4)21-13-9-19(10-14-21)20-11-15-22(16-12-20)26(32-8-2)30-24(28)18(5)6/h9-16,25-26H,3,5,7-8H2,1-2,4,6H3. The molecule has 0 fully saturated rings. The summed E-state index contributed by atoms with van der Waals surface area (Å²) in [7, 11) is 0. The molecule has 0 spiro atoms. The molecule has 170 valence electrons. The van der Waals surface area contributed by atoms with Crippen molar-refractivity contribution >= 4 is 35.5 Å². The van der Waals surface area contributed by atoms with Crippen molar-refractivity contribution in [1.29, 1.82) is 0 Å². The van der Waals surface area contributed by atoms with E-state index >= 15 is 0 Å². The van der Waals surface area contributed by atoms with E-state index in [4.69, 9.17) is 9.47 Å². The Morgan fingerprint density at radius 3 is 1.28 bits per heavy atom. The highest BCUT2D eigenvalue weighted by atomic mass is 32.2. The zero-order chi connectivity index (χ0) is 23.7. The molecule has 6 heteroatoms. The molecule has 0 aliphatic carbocycles. The molecule has 32 heavy (non-hydrogen) atoms. The van der Waals surface area contributed by atoms with E-state index in [1.807, 2.05) is 62.4 Å². The van der Waals surface area contributed by atoms with Crippen molar-refractivity contribution in [2.75, 3.05) is 11.5 Å². The maximum absolute atomic E-state index is 12.0. The van der Waals surface area contributed by atoms with E-state index in [1.165, 1.54) is 0 Å². The smallest absolute Gasteiger partial charge is 0.334 e. The highest BCUT2D eigenvalue weighted by Crippen LogP contribution is 2.34. The van der Waals surface area contributed by atoms with Gasteiger partial charge in [-0.05, 0) is 36.5 Å². The molecule has 4 nitrogen and oxygen atoms in total. The molecule has 0 aliphatic rings. The number of hydrogen-bond donors (Lipinski definition) is 0. The maximum Gasteiger partial charge on any atom is 0.334 e. The van der Waals surface area contributed by atoms with Crippen molar-refractivity contribution in [3.63, 3.8) is 0 Å². The second-order valence-corrected chi connectivity index (χ2v) is 9.87. The maximum atomic E-state index is 12.0. The van der Waals surface area contributed by atoms with Crippen molar-refractivity contribution in [3.05, 3.63) is 84.0 Å². The third kappa shape index (κ3) is 7.31. The molecule has 0 heterocycles. The summed E-state index contributed by atoms with van der Waals surface area (Å²) < 4.78 is 11.1. The highest BCUT2D eigenvalue weighted by Gasteiger charge is 2.19. The van der Waals surface area contributed by atoms with E-state index in [1.54, 1.807) is 37.4 Å². The molecule has 2 unspecified atom stereocenters. The van der Waals surface area contributed by atoms with Gasteiger partial charge in [-0.2, -0.15) is 0 Å². The van der Waals surface area contributed by atoms with Crippen molar-refractivity contribution in [2.45, 2.75) is 38.6 Å². The van der Waals surface area contributed by atoms with Gasteiger partial charge >= 0.3 is 11.9 Å². The van der Waals surface area contributed by atoms with Gasteiger partial charge in [0.25, 0.3) is 0 Å². The molecular formula is C26H30O4S2. The largest absolute Gasteiger partial charge is 0.443 e. The lowest BCUT2D eigenvalue weighted by Crippen LogP contribution is -2.10. The lowest BCUT2D eigenvalue weighted by molar-refractivity contribution is -0.141. The fourth-order valence-electron chi connectivity index (χ4n) is 2.76. The third-order valence-corrected chi connectivity index (χ3v) is 6.47. The number of carbonyl (C=O) groups excluding carboxylic acids is 2. The van der Waals surface area contributed by atoms with Crippen molar-refractivity contribution in [1.82, 2.24) is 0 Å². The van der Waals surface area contributed by atoms with Gasteiger partial charge in [0.05, 0.1) is 0 Å². The van der Waals surface area contributed by atoms with Crippen LogP contribution >= 0.6 is 23.5 Å². The van der Waals surface area contributed by atoms with Crippen LogP contribution in [0.15, 0.2) is 72.8 Å². The summed E-state index contributed by atoms with van der Waals surface area (Å²) in [6.45, 7) is 14.7. The van der Waals surface area contributed by atoms with E-state index < -0.39 is 0 Å². The Hall–Kier alpha value is -2.44. The van der Waals surface area contributed by atoms with Crippen LogP contribution in [-0.2, 0) is 19.1 Å². The van der Waals surface area contributed by atoms with Crippen LogP contribution in [0.1, 0.15) is 49.7 Å². The second-order valence-electron chi connectivity index (χ2n) is 7.19. The van der Waals surface area contributed by atoms with E-state index in [0.29, 0.717) is 11.1 Å². The van der Waals surface area contributed by atoms with Gasteiger partial charge in [-0.15, -0.1) is 23.5 Å². The first-order chi connectivity index (χ1) is 15.3. The Labute approximate surface area is 199 Å². The summed E-state index contributed by atoms with van der Waals surface area (Å²) >= 11 is 3.12. The summed E-state index contributed by atoms with van der Waals surface area (Å²) in [4.78, 5) is 23.9.